The molecule has 1 heterocycles. The molecule has 2 N–H and O–H groups in total. The van der Waals surface area contributed by atoms with E-state index in [1.807, 2.05) is 6.92 Å². The summed E-state index contributed by atoms with van der Waals surface area (Å²) < 4.78 is 25.9. The lowest BCUT2D eigenvalue weighted by molar-refractivity contribution is 0.243. The summed E-state index contributed by atoms with van der Waals surface area (Å²) in [7, 11) is -3.04. The molecule has 0 saturated carbocycles. The Morgan fingerprint density at radius 1 is 1.35 bits per heavy atom. The van der Waals surface area contributed by atoms with E-state index in [4.69, 9.17) is 5.73 Å². The van der Waals surface area contributed by atoms with Crippen LogP contribution in [0.2, 0.25) is 0 Å². The fraction of sp³-hybridized carbons (Fsp3) is 1.00. The molecule has 1 fully saturated rings. The zero-order valence-electron chi connectivity index (χ0n) is 10.6. The second kappa shape index (κ2) is 8.29. The summed E-state index contributed by atoms with van der Waals surface area (Å²) in [5.41, 5.74) is 5.54. The van der Waals surface area contributed by atoms with Gasteiger partial charge in [0.15, 0.2) is 0 Å². The normalized spacial score (nSPS) is 22.1. The van der Waals surface area contributed by atoms with Crippen molar-refractivity contribution >= 4 is 22.4 Å². The minimum Gasteiger partial charge on any atom is -0.330 e. The van der Waals surface area contributed by atoms with Crippen molar-refractivity contribution in [1.82, 2.24) is 4.31 Å². The minimum absolute atomic E-state index is 0. The summed E-state index contributed by atoms with van der Waals surface area (Å²) in [5.74, 6) is 0.296. The van der Waals surface area contributed by atoms with Gasteiger partial charge in [-0.1, -0.05) is 19.8 Å². The van der Waals surface area contributed by atoms with E-state index in [-0.39, 0.29) is 18.4 Å². The number of hydrogen-bond acceptors (Lipinski definition) is 3. The van der Waals surface area contributed by atoms with Gasteiger partial charge in [0.05, 0.1) is 5.75 Å². The molecular weight excluding hydrogens is 260 g/mol. The number of unbranched alkanes of at least 4 members (excludes halogenated alkanes) is 1. The van der Waals surface area contributed by atoms with Crippen LogP contribution in [0.4, 0.5) is 0 Å². The fourth-order valence-corrected chi connectivity index (χ4v) is 4.23. The molecule has 0 amide bonds. The van der Waals surface area contributed by atoms with E-state index in [0.717, 1.165) is 38.5 Å². The molecule has 0 aromatic rings. The molecule has 0 aromatic carbocycles. The van der Waals surface area contributed by atoms with E-state index in [0.29, 0.717) is 18.8 Å². The van der Waals surface area contributed by atoms with Crippen LogP contribution in [0.15, 0.2) is 0 Å². The van der Waals surface area contributed by atoms with E-state index in [1.54, 1.807) is 4.31 Å². The van der Waals surface area contributed by atoms with E-state index in [9.17, 15) is 8.42 Å². The molecule has 0 radical (unpaired) electrons. The molecule has 0 aliphatic carbocycles. The van der Waals surface area contributed by atoms with Gasteiger partial charge < -0.3 is 5.73 Å². The van der Waals surface area contributed by atoms with Crippen molar-refractivity contribution in [2.75, 3.05) is 18.8 Å². The monoisotopic (exact) mass is 284 g/mol. The lowest BCUT2D eigenvalue weighted by atomic mass is 10.0. The first-order valence-corrected chi connectivity index (χ1v) is 7.92. The van der Waals surface area contributed by atoms with Gasteiger partial charge in [0.1, 0.15) is 0 Å². The zero-order chi connectivity index (χ0) is 12.0. The molecule has 1 atom stereocenters. The minimum atomic E-state index is -3.04. The van der Waals surface area contributed by atoms with Crippen molar-refractivity contribution in [3.63, 3.8) is 0 Å². The lowest BCUT2D eigenvalue weighted by Gasteiger charge is -2.34. The molecule has 0 aromatic heterocycles. The molecule has 1 saturated heterocycles. The van der Waals surface area contributed by atoms with Gasteiger partial charge in [0.2, 0.25) is 10.0 Å². The highest BCUT2D eigenvalue weighted by molar-refractivity contribution is 7.89. The van der Waals surface area contributed by atoms with Gasteiger partial charge in [-0.25, -0.2) is 8.42 Å². The third kappa shape index (κ3) is 5.12. The van der Waals surface area contributed by atoms with Gasteiger partial charge in [0, 0.05) is 12.6 Å². The second-order valence-corrected chi connectivity index (χ2v) is 6.55. The lowest BCUT2D eigenvalue weighted by Crippen LogP contribution is -2.45. The molecule has 0 bridgehead atoms. The maximum atomic E-state index is 12.1. The van der Waals surface area contributed by atoms with Crippen molar-refractivity contribution in [2.45, 2.75) is 51.5 Å². The Balaban J connectivity index is 0.00000256. The Bertz CT molecular complexity index is 294. The second-order valence-electron chi connectivity index (χ2n) is 4.51. The van der Waals surface area contributed by atoms with E-state index in [2.05, 4.69) is 0 Å². The van der Waals surface area contributed by atoms with Crippen LogP contribution < -0.4 is 5.73 Å². The van der Waals surface area contributed by atoms with Crippen molar-refractivity contribution in [2.24, 2.45) is 5.73 Å². The van der Waals surface area contributed by atoms with Crippen molar-refractivity contribution in [3.05, 3.63) is 0 Å². The van der Waals surface area contributed by atoms with Gasteiger partial charge in [-0.2, -0.15) is 4.31 Å². The highest BCUT2D eigenvalue weighted by Gasteiger charge is 2.30. The SMILES string of the molecule is CCCCS(=O)(=O)N1CCCCC1CCN.Cl. The molecule has 1 unspecified atom stereocenters. The molecule has 17 heavy (non-hydrogen) atoms. The Kier molecular flexibility index (Phi) is 8.37. The van der Waals surface area contributed by atoms with Crippen LogP contribution in [-0.2, 0) is 10.0 Å². The van der Waals surface area contributed by atoms with Crippen molar-refractivity contribution < 1.29 is 8.42 Å². The number of piperidine rings is 1. The molecule has 0 spiro atoms. The maximum absolute atomic E-state index is 12.1. The van der Waals surface area contributed by atoms with Crippen LogP contribution >= 0.6 is 12.4 Å². The van der Waals surface area contributed by atoms with Crippen LogP contribution in [0, 0.1) is 0 Å². The first-order chi connectivity index (χ1) is 7.61. The molecule has 1 aliphatic rings. The molecule has 4 nitrogen and oxygen atoms in total. The summed E-state index contributed by atoms with van der Waals surface area (Å²) in [5, 5.41) is 0. The smallest absolute Gasteiger partial charge is 0.214 e. The number of nitrogens with two attached hydrogens (primary N) is 1. The highest BCUT2D eigenvalue weighted by Crippen LogP contribution is 2.23. The molecule has 1 aliphatic heterocycles. The van der Waals surface area contributed by atoms with Gasteiger partial charge in [-0.05, 0) is 32.2 Å². The van der Waals surface area contributed by atoms with Gasteiger partial charge >= 0.3 is 0 Å². The number of halogens is 1. The van der Waals surface area contributed by atoms with Crippen LogP contribution in [0.5, 0.6) is 0 Å². The number of hydrogen-bond donors (Lipinski definition) is 1. The van der Waals surface area contributed by atoms with E-state index in [1.165, 1.54) is 0 Å². The van der Waals surface area contributed by atoms with Gasteiger partial charge in [-0.3, -0.25) is 0 Å². The fourth-order valence-electron chi connectivity index (χ4n) is 2.27. The van der Waals surface area contributed by atoms with Crippen LogP contribution in [0.25, 0.3) is 0 Å². The maximum Gasteiger partial charge on any atom is 0.214 e. The molecule has 1 rings (SSSR count). The summed E-state index contributed by atoms with van der Waals surface area (Å²) in [6, 6.07) is 0.153. The Morgan fingerprint density at radius 3 is 2.65 bits per heavy atom. The summed E-state index contributed by atoms with van der Waals surface area (Å²) >= 11 is 0. The summed E-state index contributed by atoms with van der Waals surface area (Å²) in [6.45, 7) is 3.28. The number of rotatable bonds is 6. The molecule has 104 valence electrons. The Morgan fingerprint density at radius 2 is 2.06 bits per heavy atom. The van der Waals surface area contributed by atoms with Crippen LogP contribution in [0.1, 0.15) is 45.4 Å². The summed E-state index contributed by atoms with van der Waals surface area (Å²) in [4.78, 5) is 0. The van der Waals surface area contributed by atoms with Crippen LogP contribution in [0.3, 0.4) is 0 Å². The predicted molar refractivity (Wildman–Crippen MR) is 74.0 cm³/mol. The van der Waals surface area contributed by atoms with Gasteiger partial charge in [0.25, 0.3) is 0 Å². The van der Waals surface area contributed by atoms with Crippen molar-refractivity contribution in [1.29, 1.82) is 0 Å². The molecule has 6 heteroatoms. The quantitative estimate of drug-likeness (QED) is 0.808. The van der Waals surface area contributed by atoms with Gasteiger partial charge in [-0.15, -0.1) is 12.4 Å². The molecular formula is C11H25ClN2O2S. The number of nitrogens with zero attached hydrogens (tertiary/aromatic N) is 1. The van der Waals surface area contributed by atoms with Crippen LogP contribution in [-0.4, -0.2) is 37.6 Å². The summed E-state index contributed by atoms with van der Waals surface area (Å²) in [6.07, 6.45) is 5.58. The first kappa shape index (κ1) is 17.2. The Labute approximate surface area is 111 Å². The average molecular weight is 285 g/mol. The zero-order valence-corrected chi connectivity index (χ0v) is 12.2. The predicted octanol–water partition coefficient (Wildman–Crippen LogP) is 1.74. The average Bonchev–Trinajstić information content (AvgIpc) is 2.27. The third-order valence-electron chi connectivity index (χ3n) is 3.19. The first-order valence-electron chi connectivity index (χ1n) is 6.31. The topological polar surface area (TPSA) is 63.4 Å². The van der Waals surface area contributed by atoms with Crippen molar-refractivity contribution in [3.8, 4) is 0 Å². The van der Waals surface area contributed by atoms with E-state index < -0.39 is 10.0 Å². The standard InChI is InChI=1S/C11H24N2O2S.ClH/c1-2-3-10-16(14,15)13-9-5-4-6-11(13)7-8-12;/h11H,2-10,12H2,1H3;1H. The highest BCUT2D eigenvalue weighted by atomic mass is 35.5. The number of sulfonamides is 1. The largest absolute Gasteiger partial charge is 0.330 e. The van der Waals surface area contributed by atoms with E-state index >= 15 is 0 Å². The Hall–Kier alpha value is 0.160. The third-order valence-corrected chi connectivity index (χ3v) is 5.19.